The van der Waals surface area contributed by atoms with Crippen LogP contribution < -0.4 is 5.32 Å². The van der Waals surface area contributed by atoms with Crippen LogP contribution >= 0.6 is 0 Å². The second-order valence-corrected chi connectivity index (χ2v) is 5.52. The smallest absolute Gasteiger partial charge is 0.0178 e. The summed E-state index contributed by atoms with van der Waals surface area (Å²) in [5.41, 5.74) is 1.37. The molecule has 0 radical (unpaired) electrons. The molecule has 2 aliphatic heterocycles. The summed E-state index contributed by atoms with van der Waals surface area (Å²) >= 11 is 0. The van der Waals surface area contributed by atoms with E-state index in [9.17, 15) is 0 Å². The third kappa shape index (κ3) is 3.85. The van der Waals surface area contributed by atoms with Crippen molar-refractivity contribution in [3.8, 4) is 0 Å². The number of piperazine rings is 1. The maximum absolute atomic E-state index is 3.77. The number of piperidine rings is 1. The summed E-state index contributed by atoms with van der Waals surface area (Å²) in [7, 11) is 0. The summed E-state index contributed by atoms with van der Waals surface area (Å²) in [6.07, 6.45) is 6.69. The largest absolute Gasteiger partial charge is 0.375 e. The van der Waals surface area contributed by atoms with E-state index in [1.165, 1.54) is 64.4 Å². The van der Waals surface area contributed by atoms with Crippen LogP contribution in [0.1, 0.15) is 19.8 Å². The Labute approximate surface area is 112 Å². The molecule has 102 valence electrons. The van der Waals surface area contributed by atoms with Crippen molar-refractivity contribution in [3.05, 3.63) is 24.4 Å². The molecule has 0 spiro atoms. The van der Waals surface area contributed by atoms with Gasteiger partial charge in [0.2, 0.25) is 0 Å². The summed E-state index contributed by atoms with van der Waals surface area (Å²) in [5, 5.41) is 3.42. The van der Waals surface area contributed by atoms with E-state index in [1.54, 1.807) is 0 Å². The van der Waals surface area contributed by atoms with Crippen LogP contribution in [0, 0.1) is 5.92 Å². The quantitative estimate of drug-likeness (QED) is 0.765. The van der Waals surface area contributed by atoms with Crippen LogP contribution in [0.25, 0.3) is 0 Å². The highest BCUT2D eigenvalue weighted by atomic mass is 15.2. The third-order valence-corrected chi connectivity index (χ3v) is 4.20. The van der Waals surface area contributed by atoms with Crippen molar-refractivity contribution in [2.45, 2.75) is 19.8 Å². The van der Waals surface area contributed by atoms with E-state index in [1.807, 2.05) is 6.08 Å². The van der Waals surface area contributed by atoms with Crippen molar-refractivity contribution in [3.63, 3.8) is 0 Å². The fourth-order valence-electron chi connectivity index (χ4n) is 3.00. The minimum absolute atomic E-state index is 0.899. The monoisotopic (exact) mass is 249 g/mol. The van der Waals surface area contributed by atoms with Gasteiger partial charge in [0.25, 0.3) is 0 Å². The molecule has 2 fully saturated rings. The third-order valence-electron chi connectivity index (χ3n) is 4.20. The zero-order chi connectivity index (χ0) is 12.8. The zero-order valence-electron chi connectivity index (χ0n) is 11.7. The van der Waals surface area contributed by atoms with Gasteiger partial charge in [-0.15, -0.1) is 0 Å². The molecule has 2 aliphatic rings. The van der Waals surface area contributed by atoms with Crippen molar-refractivity contribution in [2.24, 2.45) is 5.92 Å². The molecular formula is C15H27N3. The van der Waals surface area contributed by atoms with Gasteiger partial charge in [-0.05, 0) is 31.8 Å². The van der Waals surface area contributed by atoms with E-state index in [0.717, 1.165) is 5.92 Å². The van der Waals surface area contributed by atoms with Gasteiger partial charge in [-0.2, -0.15) is 0 Å². The highest BCUT2D eigenvalue weighted by molar-refractivity contribution is 5.07. The first kappa shape index (κ1) is 13.6. The Morgan fingerprint density at radius 2 is 1.89 bits per heavy atom. The highest BCUT2D eigenvalue weighted by Gasteiger charge is 2.21. The second kappa shape index (κ2) is 6.95. The number of hydrogen-bond acceptors (Lipinski definition) is 3. The molecule has 3 nitrogen and oxygen atoms in total. The Bertz CT molecular complexity index is 284. The molecule has 0 atom stereocenters. The molecule has 0 aliphatic carbocycles. The van der Waals surface area contributed by atoms with Crippen LogP contribution in [0.2, 0.25) is 0 Å². The average Bonchev–Trinajstić information content (AvgIpc) is 2.41. The predicted molar refractivity (Wildman–Crippen MR) is 77.6 cm³/mol. The van der Waals surface area contributed by atoms with Gasteiger partial charge in [-0.1, -0.05) is 12.7 Å². The summed E-state index contributed by atoms with van der Waals surface area (Å²) in [5.74, 6) is 0.899. The molecule has 2 saturated heterocycles. The van der Waals surface area contributed by atoms with Gasteiger partial charge in [0, 0.05) is 51.5 Å². The van der Waals surface area contributed by atoms with Gasteiger partial charge in [0.05, 0.1) is 0 Å². The maximum atomic E-state index is 3.77. The highest BCUT2D eigenvalue weighted by Crippen LogP contribution is 2.21. The summed E-state index contributed by atoms with van der Waals surface area (Å²) < 4.78 is 0. The van der Waals surface area contributed by atoms with Crippen molar-refractivity contribution in [1.29, 1.82) is 0 Å². The molecule has 0 aromatic rings. The van der Waals surface area contributed by atoms with Crippen molar-refractivity contribution in [2.75, 3.05) is 45.8 Å². The van der Waals surface area contributed by atoms with Crippen LogP contribution in [-0.4, -0.2) is 55.6 Å². The Morgan fingerprint density at radius 1 is 1.22 bits per heavy atom. The van der Waals surface area contributed by atoms with E-state index < -0.39 is 0 Å². The van der Waals surface area contributed by atoms with Crippen LogP contribution in [0.3, 0.4) is 0 Å². The lowest BCUT2D eigenvalue weighted by atomic mass is 9.95. The van der Waals surface area contributed by atoms with Crippen molar-refractivity contribution >= 4 is 0 Å². The first-order chi connectivity index (χ1) is 8.79. The van der Waals surface area contributed by atoms with Gasteiger partial charge in [0.15, 0.2) is 0 Å². The minimum Gasteiger partial charge on any atom is -0.375 e. The molecule has 3 heteroatoms. The Balaban J connectivity index is 1.72. The SMILES string of the molecule is C=C/C=C(\C)N1CCC(CN2CCNCC2)CC1. The lowest BCUT2D eigenvalue weighted by molar-refractivity contribution is 0.153. The normalized spacial score (nSPS) is 24.3. The predicted octanol–water partition coefficient (Wildman–Crippen LogP) is 1.69. The van der Waals surface area contributed by atoms with Gasteiger partial charge in [-0.3, -0.25) is 0 Å². The van der Waals surface area contributed by atoms with Gasteiger partial charge in [0.1, 0.15) is 0 Å². The zero-order valence-corrected chi connectivity index (χ0v) is 11.7. The summed E-state index contributed by atoms with van der Waals surface area (Å²) in [4.78, 5) is 5.12. The lowest BCUT2D eigenvalue weighted by Crippen LogP contribution is -2.46. The van der Waals surface area contributed by atoms with Crippen LogP contribution in [0.5, 0.6) is 0 Å². The second-order valence-electron chi connectivity index (χ2n) is 5.52. The molecule has 0 aromatic heterocycles. The first-order valence-electron chi connectivity index (χ1n) is 7.27. The molecule has 0 amide bonds. The molecule has 0 aromatic carbocycles. The topological polar surface area (TPSA) is 18.5 Å². The molecule has 2 rings (SSSR count). The van der Waals surface area contributed by atoms with Crippen LogP contribution in [0.4, 0.5) is 0 Å². The van der Waals surface area contributed by atoms with E-state index >= 15 is 0 Å². The molecule has 1 N–H and O–H groups in total. The van der Waals surface area contributed by atoms with Gasteiger partial charge < -0.3 is 15.1 Å². The number of hydrogen-bond donors (Lipinski definition) is 1. The fourth-order valence-corrected chi connectivity index (χ4v) is 3.00. The van der Waals surface area contributed by atoms with Crippen LogP contribution in [-0.2, 0) is 0 Å². The standard InChI is InChI=1S/C15H27N3/c1-3-4-14(2)18-9-5-15(6-10-18)13-17-11-7-16-8-12-17/h3-4,15-16H,1,5-13H2,2H3/b14-4+. The van der Waals surface area contributed by atoms with E-state index in [4.69, 9.17) is 0 Å². The summed E-state index contributed by atoms with van der Waals surface area (Å²) in [6, 6.07) is 0. The summed E-state index contributed by atoms with van der Waals surface area (Å²) in [6.45, 7) is 14.5. The molecule has 0 saturated carbocycles. The fraction of sp³-hybridized carbons (Fsp3) is 0.733. The molecular weight excluding hydrogens is 222 g/mol. The Morgan fingerprint density at radius 3 is 2.50 bits per heavy atom. The molecule has 0 unspecified atom stereocenters. The number of rotatable bonds is 4. The van der Waals surface area contributed by atoms with Crippen molar-refractivity contribution in [1.82, 2.24) is 15.1 Å². The first-order valence-corrected chi connectivity index (χ1v) is 7.27. The van der Waals surface area contributed by atoms with E-state index in [2.05, 4.69) is 34.7 Å². The molecule has 0 bridgehead atoms. The number of allylic oxidation sites excluding steroid dienone is 3. The Kier molecular flexibility index (Phi) is 5.26. The maximum Gasteiger partial charge on any atom is 0.0178 e. The van der Waals surface area contributed by atoms with Crippen molar-refractivity contribution < 1.29 is 0 Å². The number of nitrogens with zero attached hydrogens (tertiary/aromatic N) is 2. The Hall–Kier alpha value is -0.800. The number of nitrogens with one attached hydrogen (secondary N) is 1. The molecule has 18 heavy (non-hydrogen) atoms. The van der Waals surface area contributed by atoms with Gasteiger partial charge >= 0.3 is 0 Å². The lowest BCUT2D eigenvalue weighted by Gasteiger charge is -2.37. The molecule has 2 heterocycles. The van der Waals surface area contributed by atoms with Crippen LogP contribution in [0.15, 0.2) is 24.4 Å². The van der Waals surface area contributed by atoms with E-state index in [0.29, 0.717) is 0 Å². The van der Waals surface area contributed by atoms with Gasteiger partial charge in [-0.25, -0.2) is 0 Å². The average molecular weight is 249 g/mol. The minimum atomic E-state index is 0.899. The number of likely N-dealkylation sites (tertiary alicyclic amines) is 1. The van der Waals surface area contributed by atoms with E-state index in [-0.39, 0.29) is 0 Å².